The number of anilines is 1. The van der Waals surface area contributed by atoms with Crippen LogP contribution in [0.4, 0.5) is 5.69 Å². The van der Waals surface area contributed by atoms with Gasteiger partial charge in [0.15, 0.2) is 6.61 Å². The molecule has 1 aromatic carbocycles. The second-order valence-corrected chi connectivity index (χ2v) is 9.56. The van der Waals surface area contributed by atoms with Crippen molar-refractivity contribution in [2.75, 3.05) is 39.2 Å². The summed E-state index contributed by atoms with van der Waals surface area (Å²) in [5, 5.41) is 2.86. The first-order chi connectivity index (χ1) is 15.8. The minimum Gasteiger partial charge on any atom is -0.495 e. The topological polar surface area (TPSA) is 124 Å². The Bertz CT molecular complexity index is 1100. The van der Waals surface area contributed by atoms with Crippen molar-refractivity contribution >= 4 is 39.2 Å². The van der Waals surface area contributed by atoms with Crippen molar-refractivity contribution in [1.29, 1.82) is 0 Å². The highest BCUT2D eigenvalue weighted by Gasteiger charge is 2.33. The molecule has 33 heavy (non-hydrogen) atoms. The lowest BCUT2D eigenvalue weighted by molar-refractivity contribution is -0.152. The number of rotatable bonds is 8. The Labute approximate surface area is 196 Å². The minimum atomic E-state index is -3.66. The highest BCUT2D eigenvalue weighted by Crippen LogP contribution is 2.35. The smallest absolute Gasteiger partial charge is 0.309 e. The molecule has 0 saturated carbocycles. The van der Waals surface area contributed by atoms with Gasteiger partial charge in [-0.1, -0.05) is 11.6 Å². The SMILES string of the molecule is COc1cc(OC)c(NC(=O)COC(=O)C2CCN(S(=O)(=O)c3cccnc3)CC2)cc1Cl. The van der Waals surface area contributed by atoms with Crippen molar-refractivity contribution < 1.29 is 32.2 Å². The Morgan fingerprint density at radius 3 is 2.48 bits per heavy atom. The maximum Gasteiger partial charge on any atom is 0.309 e. The van der Waals surface area contributed by atoms with Crippen LogP contribution in [0.1, 0.15) is 12.8 Å². The predicted octanol–water partition coefficient (Wildman–Crippen LogP) is 2.33. The van der Waals surface area contributed by atoms with E-state index in [2.05, 4.69) is 10.3 Å². The molecule has 1 fully saturated rings. The number of benzene rings is 1. The number of nitrogens with one attached hydrogen (secondary N) is 1. The monoisotopic (exact) mass is 497 g/mol. The number of nitrogens with zero attached hydrogens (tertiary/aromatic N) is 2. The first-order valence-electron chi connectivity index (χ1n) is 10.0. The van der Waals surface area contributed by atoms with E-state index in [1.165, 1.54) is 49.1 Å². The number of sulfonamides is 1. The number of hydrogen-bond acceptors (Lipinski definition) is 8. The minimum absolute atomic E-state index is 0.108. The first-order valence-corrected chi connectivity index (χ1v) is 11.9. The number of pyridine rings is 1. The van der Waals surface area contributed by atoms with E-state index in [-0.39, 0.29) is 23.0 Å². The zero-order valence-electron chi connectivity index (χ0n) is 18.1. The van der Waals surface area contributed by atoms with Crippen LogP contribution < -0.4 is 14.8 Å². The molecule has 0 aliphatic carbocycles. The van der Waals surface area contributed by atoms with Gasteiger partial charge in [0, 0.05) is 31.5 Å². The molecule has 10 nitrogen and oxygen atoms in total. The number of hydrogen-bond donors (Lipinski definition) is 1. The zero-order valence-corrected chi connectivity index (χ0v) is 19.7. The standard InChI is InChI=1S/C21H24ClN3O7S/c1-30-18-11-19(31-2)17(10-16(18)22)24-20(26)13-32-21(27)14-5-8-25(9-6-14)33(28,29)15-4-3-7-23-12-15/h3-4,7,10-12,14H,5-6,8-9,13H2,1-2H3,(H,24,26). The lowest BCUT2D eigenvalue weighted by Crippen LogP contribution is -2.41. The van der Waals surface area contributed by atoms with Crippen LogP contribution in [0.25, 0.3) is 0 Å². The van der Waals surface area contributed by atoms with E-state index in [4.69, 9.17) is 25.8 Å². The lowest BCUT2D eigenvalue weighted by Gasteiger charge is -2.29. The molecule has 0 radical (unpaired) electrons. The van der Waals surface area contributed by atoms with Crippen LogP contribution in [0.2, 0.25) is 5.02 Å². The fourth-order valence-corrected chi connectivity index (χ4v) is 5.05. The Balaban J connectivity index is 1.51. The number of carbonyl (C=O) groups is 2. The first kappa shape index (κ1) is 24.7. The van der Waals surface area contributed by atoms with Gasteiger partial charge < -0.3 is 19.5 Å². The normalized spacial score (nSPS) is 15.0. The van der Waals surface area contributed by atoms with Crippen LogP contribution in [0.3, 0.4) is 0 Å². The third-order valence-corrected chi connectivity index (χ3v) is 7.33. The summed E-state index contributed by atoms with van der Waals surface area (Å²) >= 11 is 6.09. The fourth-order valence-electron chi connectivity index (χ4n) is 3.38. The molecule has 0 bridgehead atoms. The molecule has 1 aromatic heterocycles. The van der Waals surface area contributed by atoms with E-state index >= 15 is 0 Å². The summed E-state index contributed by atoms with van der Waals surface area (Å²) in [5.74, 6) is -0.904. The van der Waals surface area contributed by atoms with Crippen molar-refractivity contribution in [3.05, 3.63) is 41.7 Å². The van der Waals surface area contributed by atoms with Crippen molar-refractivity contribution in [2.24, 2.45) is 5.92 Å². The van der Waals surface area contributed by atoms with Crippen LogP contribution in [0, 0.1) is 5.92 Å². The molecule has 1 aliphatic heterocycles. The highest BCUT2D eigenvalue weighted by atomic mass is 35.5. The molecule has 2 heterocycles. The quantitative estimate of drug-likeness (QED) is 0.551. The molecular formula is C21H24ClN3O7S. The Morgan fingerprint density at radius 2 is 1.88 bits per heavy atom. The van der Waals surface area contributed by atoms with Gasteiger partial charge in [-0.15, -0.1) is 0 Å². The van der Waals surface area contributed by atoms with Gasteiger partial charge in [-0.05, 0) is 31.0 Å². The van der Waals surface area contributed by atoms with Crippen LogP contribution >= 0.6 is 11.6 Å². The maximum absolute atomic E-state index is 12.7. The number of aromatic nitrogens is 1. The van der Waals surface area contributed by atoms with Gasteiger partial charge in [0.25, 0.3) is 5.91 Å². The van der Waals surface area contributed by atoms with Crippen molar-refractivity contribution in [3.8, 4) is 11.5 Å². The van der Waals surface area contributed by atoms with E-state index < -0.39 is 34.4 Å². The summed E-state index contributed by atoms with van der Waals surface area (Å²) in [6, 6.07) is 6.03. The molecule has 3 rings (SSSR count). The van der Waals surface area contributed by atoms with Gasteiger partial charge in [-0.3, -0.25) is 14.6 Å². The molecule has 12 heteroatoms. The van der Waals surface area contributed by atoms with Crippen LogP contribution in [-0.4, -0.2) is 63.5 Å². The van der Waals surface area contributed by atoms with Gasteiger partial charge >= 0.3 is 5.97 Å². The number of methoxy groups -OCH3 is 2. The molecule has 0 unspecified atom stereocenters. The van der Waals surface area contributed by atoms with Gasteiger partial charge in [0.1, 0.15) is 16.4 Å². The van der Waals surface area contributed by atoms with Crippen LogP contribution in [0.15, 0.2) is 41.6 Å². The summed E-state index contributed by atoms with van der Waals surface area (Å²) < 4.78 is 42.1. The molecule has 0 spiro atoms. The van der Waals surface area contributed by atoms with Crippen molar-refractivity contribution in [2.45, 2.75) is 17.7 Å². The summed E-state index contributed by atoms with van der Waals surface area (Å²) in [6.45, 7) is -0.157. The number of amides is 1. The molecule has 1 N–H and O–H groups in total. The number of piperidine rings is 1. The molecule has 1 saturated heterocycles. The highest BCUT2D eigenvalue weighted by molar-refractivity contribution is 7.89. The van der Waals surface area contributed by atoms with Gasteiger partial charge in [-0.2, -0.15) is 4.31 Å². The third-order valence-electron chi connectivity index (χ3n) is 5.15. The van der Waals surface area contributed by atoms with E-state index in [1.807, 2.05) is 0 Å². The average Bonchev–Trinajstić information content (AvgIpc) is 2.83. The molecule has 1 aliphatic rings. The van der Waals surface area contributed by atoms with Gasteiger partial charge in [0.2, 0.25) is 10.0 Å². The van der Waals surface area contributed by atoms with Crippen LogP contribution in [0.5, 0.6) is 11.5 Å². The fraction of sp³-hybridized carbons (Fsp3) is 0.381. The Hall–Kier alpha value is -2.89. The molecule has 1 amide bonds. The second kappa shape index (κ2) is 10.8. The Kier molecular flexibility index (Phi) is 8.11. The lowest BCUT2D eigenvalue weighted by atomic mass is 9.98. The number of halogens is 1. The molecule has 2 aromatic rings. The molecule has 0 atom stereocenters. The molecule has 178 valence electrons. The predicted molar refractivity (Wildman–Crippen MR) is 120 cm³/mol. The Morgan fingerprint density at radius 1 is 1.18 bits per heavy atom. The summed E-state index contributed by atoms with van der Waals surface area (Å²) in [5.41, 5.74) is 0.304. The maximum atomic E-state index is 12.7. The summed E-state index contributed by atoms with van der Waals surface area (Å²) in [6.07, 6.45) is 3.37. The second-order valence-electron chi connectivity index (χ2n) is 7.21. The van der Waals surface area contributed by atoms with Crippen molar-refractivity contribution in [3.63, 3.8) is 0 Å². The van der Waals surface area contributed by atoms with E-state index in [0.29, 0.717) is 30.0 Å². The van der Waals surface area contributed by atoms with Crippen molar-refractivity contribution in [1.82, 2.24) is 9.29 Å². The summed E-state index contributed by atoms with van der Waals surface area (Å²) in [7, 11) is -0.778. The number of ether oxygens (including phenoxy) is 3. The molecular weight excluding hydrogens is 474 g/mol. The van der Waals surface area contributed by atoms with E-state index in [1.54, 1.807) is 6.07 Å². The summed E-state index contributed by atoms with van der Waals surface area (Å²) in [4.78, 5) is 28.6. The third kappa shape index (κ3) is 5.92. The largest absolute Gasteiger partial charge is 0.495 e. The van der Waals surface area contributed by atoms with E-state index in [9.17, 15) is 18.0 Å². The van der Waals surface area contributed by atoms with Crippen LogP contribution in [-0.2, 0) is 24.3 Å². The van der Waals surface area contributed by atoms with Gasteiger partial charge in [0.05, 0.1) is 30.8 Å². The zero-order chi connectivity index (χ0) is 24.0. The number of esters is 1. The number of carbonyl (C=O) groups excluding carboxylic acids is 2. The van der Waals surface area contributed by atoms with E-state index in [0.717, 1.165) is 0 Å². The van der Waals surface area contributed by atoms with Gasteiger partial charge in [-0.25, -0.2) is 8.42 Å². The average molecular weight is 498 g/mol.